The van der Waals surface area contributed by atoms with E-state index in [9.17, 15) is 0 Å². The number of likely N-dealkylation sites (tertiary alicyclic amines) is 1. The highest BCUT2D eigenvalue weighted by atomic mass is 15.3. The Bertz CT molecular complexity index is 700. The lowest BCUT2D eigenvalue weighted by Crippen LogP contribution is -2.40. The lowest BCUT2D eigenvalue weighted by Gasteiger charge is -2.21. The van der Waals surface area contributed by atoms with Crippen molar-refractivity contribution in [2.75, 3.05) is 26.2 Å². The smallest absolute Gasteiger partial charge is 0.193 e. The molecule has 3 rings (SSSR count). The second-order valence-electron chi connectivity index (χ2n) is 6.84. The first-order valence-electron chi connectivity index (χ1n) is 9.14. The van der Waals surface area contributed by atoms with Gasteiger partial charge in [-0.1, -0.05) is 0 Å². The van der Waals surface area contributed by atoms with Gasteiger partial charge >= 0.3 is 0 Å². The minimum Gasteiger partial charge on any atom is -0.357 e. The minimum absolute atomic E-state index is 0.668. The lowest BCUT2D eigenvalue weighted by atomic mass is 10.0. The van der Waals surface area contributed by atoms with Gasteiger partial charge in [0.05, 0.1) is 25.5 Å². The van der Waals surface area contributed by atoms with Crippen LogP contribution in [0.5, 0.6) is 0 Å². The van der Waals surface area contributed by atoms with Crippen LogP contribution < -0.4 is 5.32 Å². The van der Waals surface area contributed by atoms with Crippen molar-refractivity contribution in [1.29, 1.82) is 0 Å². The second kappa shape index (κ2) is 8.18. The van der Waals surface area contributed by atoms with Crippen molar-refractivity contribution in [3.63, 3.8) is 0 Å². The fourth-order valence-electron chi connectivity index (χ4n) is 3.38. The van der Waals surface area contributed by atoms with Crippen molar-refractivity contribution in [2.24, 2.45) is 18.0 Å². The van der Waals surface area contributed by atoms with Crippen molar-refractivity contribution in [2.45, 2.75) is 33.2 Å². The molecule has 1 aliphatic heterocycles. The van der Waals surface area contributed by atoms with Crippen LogP contribution in [0.2, 0.25) is 0 Å². The summed E-state index contributed by atoms with van der Waals surface area (Å²) < 4.78 is 3.84. The summed E-state index contributed by atoms with van der Waals surface area (Å²) in [5, 5.41) is 12.0. The van der Waals surface area contributed by atoms with E-state index in [1.165, 1.54) is 17.5 Å². The Kier molecular flexibility index (Phi) is 5.73. The first-order chi connectivity index (χ1) is 12.1. The van der Waals surface area contributed by atoms with E-state index < -0.39 is 0 Å². The molecular formula is C18H29N7. The van der Waals surface area contributed by atoms with E-state index in [0.717, 1.165) is 45.1 Å². The predicted octanol–water partition coefficient (Wildman–Crippen LogP) is 1.46. The molecule has 1 N–H and O–H groups in total. The van der Waals surface area contributed by atoms with Gasteiger partial charge in [0.1, 0.15) is 0 Å². The van der Waals surface area contributed by atoms with Crippen LogP contribution in [-0.2, 0) is 20.0 Å². The van der Waals surface area contributed by atoms with Crippen LogP contribution in [0.15, 0.2) is 29.8 Å². The standard InChI is InChI=1S/C18H29N7/c1-4-19-18(20-6-8-25-12-15(2)10-22-25)24-7-5-16(14-24)9-17-11-21-23(3)13-17/h10-13,16H,4-9,14H2,1-3H3,(H,19,20). The Balaban J connectivity index is 1.54. The molecule has 1 fully saturated rings. The molecule has 3 heterocycles. The molecule has 25 heavy (non-hydrogen) atoms. The number of hydrogen-bond acceptors (Lipinski definition) is 3. The zero-order valence-corrected chi connectivity index (χ0v) is 15.5. The minimum atomic E-state index is 0.668. The quantitative estimate of drug-likeness (QED) is 0.637. The number of guanidine groups is 1. The molecule has 7 heteroatoms. The number of rotatable bonds is 6. The van der Waals surface area contributed by atoms with E-state index in [0.29, 0.717) is 5.92 Å². The normalized spacial score (nSPS) is 18.1. The molecule has 0 bridgehead atoms. The molecule has 0 radical (unpaired) electrons. The molecule has 0 amide bonds. The number of nitrogens with one attached hydrogen (secondary N) is 1. The summed E-state index contributed by atoms with van der Waals surface area (Å²) in [5.41, 5.74) is 2.51. The third-order valence-corrected chi connectivity index (χ3v) is 4.56. The zero-order chi connectivity index (χ0) is 17.6. The molecule has 7 nitrogen and oxygen atoms in total. The molecule has 2 aromatic heterocycles. The highest BCUT2D eigenvalue weighted by Crippen LogP contribution is 2.20. The Labute approximate surface area is 149 Å². The van der Waals surface area contributed by atoms with Gasteiger partial charge in [-0.05, 0) is 43.7 Å². The summed E-state index contributed by atoms with van der Waals surface area (Å²) in [4.78, 5) is 7.19. The van der Waals surface area contributed by atoms with E-state index in [1.807, 2.05) is 28.8 Å². The predicted molar refractivity (Wildman–Crippen MR) is 99.5 cm³/mol. The van der Waals surface area contributed by atoms with Crippen LogP contribution in [0.25, 0.3) is 0 Å². The van der Waals surface area contributed by atoms with Crippen LogP contribution >= 0.6 is 0 Å². The average molecular weight is 343 g/mol. The number of aryl methyl sites for hydroxylation is 2. The zero-order valence-electron chi connectivity index (χ0n) is 15.5. The molecule has 136 valence electrons. The molecule has 1 atom stereocenters. The fraction of sp³-hybridized carbons (Fsp3) is 0.611. The Morgan fingerprint density at radius 1 is 1.32 bits per heavy atom. The monoisotopic (exact) mass is 343 g/mol. The summed E-state index contributed by atoms with van der Waals surface area (Å²) in [6, 6.07) is 0. The lowest BCUT2D eigenvalue weighted by molar-refractivity contribution is 0.458. The summed E-state index contributed by atoms with van der Waals surface area (Å²) in [7, 11) is 1.97. The molecule has 1 saturated heterocycles. The third kappa shape index (κ3) is 4.84. The second-order valence-corrected chi connectivity index (χ2v) is 6.84. The molecule has 2 aromatic rings. The summed E-state index contributed by atoms with van der Waals surface area (Å²) in [5.74, 6) is 1.70. The summed E-state index contributed by atoms with van der Waals surface area (Å²) >= 11 is 0. The molecule has 0 saturated carbocycles. The number of aliphatic imine (C=N–C) groups is 1. The van der Waals surface area contributed by atoms with Crippen LogP contribution in [0.1, 0.15) is 24.5 Å². The van der Waals surface area contributed by atoms with Crippen molar-refractivity contribution in [3.8, 4) is 0 Å². The van der Waals surface area contributed by atoms with E-state index >= 15 is 0 Å². The van der Waals surface area contributed by atoms with E-state index in [2.05, 4.69) is 46.7 Å². The topological polar surface area (TPSA) is 63.3 Å². The van der Waals surface area contributed by atoms with Gasteiger partial charge in [-0.2, -0.15) is 10.2 Å². The third-order valence-electron chi connectivity index (χ3n) is 4.56. The first-order valence-corrected chi connectivity index (χ1v) is 9.14. The number of nitrogens with zero attached hydrogens (tertiary/aromatic N) is 6. The molecule has 1 aliphatic rings. The first kappa shape index (κ1) is 17.5. The number of aromatic nitrogens is 4. The Hall–Kier alpha value is -2.31. The highest BCUT2D eigenvalue weighted by Gasteiger charge is 2.25. The SMILES string of the molecule is CCNC(=NCCn1cc(C)cn1)N1CCC(Cc2cnn(C)c2)C1. The Morgan fingerprint density at radius 2 is 2.20 bits per heavy atom. The van der Waals surface area contributed by atoms with Crippen molar-refractivity contribution >= 4 is 5.96 Å². The highest BCUT2D eigenvalue weighted by molar-refractivity contribution is 5.80. The maximum atomic E-state index is 4.80. The van der Waals surface area contributed by atoms with Gasteiger partial charge in [-0.25, -0.2) is 0 Å². The van der Waals surface area contributed by atoms with Gasteiger partial charge < -0.3 is 10.2 Å². The van der Waals surface area contributed by atoms with Gasteiger partial charge in [0.2, 0.25) is 0 Å². The largest absolute Gasteiger partial charge is 0.357 e. The maximum Gasteiger partial charge on any atom is 0.193 e. The fourth-order valence-corrected chi connectivity index (χ4v) is 3.38. The molecule has 0 spiro atoms. The van der Waals surface area contributed by atoms with Crippen LogP contribution in [0.4, 0.5) is 0 Å². The van der Waals surface area contributed by atoms with Gasteiger partial charge in [0.25, 0.3) is 0 Å². The Morgan fingerprint density at radius 3 is 2.88 bits per heavy atom. The molecule has 1 unspecified atom stereocenters. The van der Waals surface area contributed by atoms with Gasteiger partial charge in [0.15, 0.2) is 5.96 Å². The molecule has 0 aliphatic carbocycles. The van der Waals surface area contributed by atoms with Crippen molar-refractivity contribution in [3.05, 3.63) is 35.9 Å². The van der Waals surface area contributed by atoms with Gasteiger partial charge in [-0.15, -0.1) is 0 Å². The van der Waals surface area contributed by atoms with Gasteiger partial charge in [-0.3, -0.25) is 14.4 Å². The van der Waals surface area contributed by atoms with E-state index in [4.69, 9.17) is 4.99 Å². The van der Waals surface area contributed by atoms with Gasteiger partial charge in [0, 0.05) is 39.1 Å². The molecule has 0 aromatic carbocycles. The van der Waals surface area contributed by atoms with Crippen molar-refractivity contribution in [1.82, 2.24) is 29.8 Å². The summed E-state index contributed by atoms with van der Waals surface area (Å²) in [6.45, 7) is 8.75. The van der Waals surface area contributed by atoms with Crippen molar-refractivity contribution < 1.29 is 0 Å². The van der Waals surface area contributed by atoms with Crippen LogP contribution in [0, 0.1) is 12.8 Å². The van der Waals surface area contributed by atoms with E-state index in [-0.39, 0.29) is 0 Å². The summed E-state index contributed by atoms with van der Waals surface area (Å²) in [6.07, 6.45) is 10.3. The average Bonchev–Trinajstić information content (AvgIpc) is 3.30. The van der Waals surface area contributed by atoms with Crippen LogP contribution in [0.3, 0.4) is 0 Å². The number of hydrogen-bond donors (Lipinski definition) is 1. The van der Waals surface area contributed by atoms with Crippen LogP contribution in [-0.4, -0.2) is 56.6 Å². The maximum absolute atomic E-state index is 4.80. The van der Waals surface area contributed by atoms with E-state index in [1.54, 1.807) is 0 Å². The molecular weight excluding hydrogens is 314 g/mol.